The lowest BCUT2D eigenvalue weighted by molar-refractivity contribution is -0.120. The molecule has 2 atom stereocenters. The fourth-order valence-corrected chi connectivity index (χ4v) is 2.21. The molecule has 5 heteroatoms. The van der Waals surface area contributed by atoms with Gasteiger partial charge >= 0.3 is 0 Å². The van der Waals surface area contributed by atoms with Gasteiger partial charge < -0.3 is 10.6 Å². The third kappa shape index (κ3) is 2.73. The van der Waals surface area contributed by atoms with Crippen LogP contribution in [0, 0.1) is 34.5 Å². The Morgan fingerprint density at radius 1 is 1.32 bits per heavy atom. The third-order valence-electron chi connectivity index (χ3n) is 3.38. The van der Waals surface area contributed by atoms with Crippen LogP contribution in [0.2, 0.25) is 0 Å². The topological polar surface area (TPSA) is 88.7 Å². The van der Waals surface area contributed by atoms with Gasteiger partial charge in [0.25, 0.3) is 0 Å². The van der Waals surface area contributed by atoms with Crippen molar-refractivity contribution in [3.05, 3.63) is 29.3 Å². The average Bonchev–Trinajstić information content (AvgIpc) is 2.85. The number of carbonyl (C=O) groups is 1. The maximum absolute atomic E-state index is 12.1. The van der Waals surface area contributed by atoms with Crippen molar-refractivity contribution in [2.24, 2.45) is 11.8 Å². The summed E-state index contributed by atoms with van der Waals surface area (Å²) in [6, 6.07) is 8.62. The molecule has 1 fully saturated rings. The Balaban J connectivity index is 2.14. The maximum Gasteiger partial charge on any atom is 0.229 e. The molecule has 2 N–H and O–H groups in total. The van der Waals surface area contributed by atoms with Gasteiger partial charge in [-0.2, -0.15) is 10.5 Å². The molecule has 0 saturated carbocycles. The highest BCUT2D eigenvalue weighted by atomic mass is 16.1. The molecule has 0 radical (unpaired) electrons. The van der Waals surface area contributed by atoms with Crippen molar-refractivity contribution in [1.29, 1.82) is 10.5 Å². The van der Waals surface area contributed by atoms with Crippen LogP contribution < -0.4 is 10.6 Å². The summed E-state index contributed by atoms with van der Waals surface area (Å²) in [6.45, 7) is 3.55. The molecule has 1 amide bonds. The van der Waals surface area contributed by atoms with Gasteiger partial charge in [0.05, 0.1) is 17.0 Å². The molecule has 0 aromatic heterocycles. The van der Waals surface area contributed by atoms with E-state index in [0.29, 0.717) is 23.7 Å². The van der Waals surface area contributed by atoms with Gasteiger partial charge in [0, 0.05) is 12.2 Å². The fraction of sp³-hybridized carbons (Fsp3) is 0.357. The molecule has 5 nitrogen and oxygen atoms in total. The van der Waals surface area contributed by atoms with E-state index in [-0.39, 0.29) is 17.4 Å². The fourth-order valence-electron chi connectivity index (χ4n) is 2.21. The Labute approximate surface area is 111 Å². The Kier molecular flexibility index (Phi) is 3.79. The Morgan fingerprint density at radius 2 is 2.05 bits per heavy atom. The molecule has 1 aromatic carbocycles. The van der Waals surface area contributed by atoms with Gasteiger partial charge in [-0.15, -0.1) is 0 Å². The van der Waals surface area contributed by atoms with Crippen LogP contribution in [0.25, 0.3) is 0 Å². The van der Waals surface area contributed by atoms with E-state index in [9.17, 15) is 4.79 Å². The van der Waals surface area contributed by atoms with Gasteiger partial charge in [-0.3, -0.25) is 4.79 Å². The van der Waals surface area contributed by atoms with Gasteiger partial charge in [-0.05, 0) is 30.7 Å². The minimum Gasteiger partial charge on any atom is -0.326 e. The molecule has 0 bridgehead atoms. The van der Waals surface area contributed by atoms with Crippen molar-refractivity contribution in [2.45, 2.75) is 6.92 Å². The number of carbonyl (C=O) groups excluding carboxylic acids is 1. The first-order valence-electron chi connectivity index (χ1n) is 6.11. The van der Waals surface area contributed by atoms with Crippen LogP contribution in [0.3, 0.4) is 0 Å². The number of hydrogen-bond donors (Lipinski definition) is 2. The van der Waals surface area contributed by atoms with Gasteiger partial charge in [0.1, 0.15) is 12.1 Å². The van der Waals surface area contributed by atoms with Crippen molar-refractivity contribution in [3.8, 4) is 12.1 Å². The van der Waals surface area contributed by atoms with E-state index in [0.717, 1.165) is 6.54 Å². The quantitative estimate of drug-likeness (QED) is 0.830. The Morgan fingerprint density at radius 3 is 2.63 bits per heavy atom. The summed E-state index contributed by atoms with van der Waals surface area (Å²) in [4.78, 5) is 12.1. The number of nitrogens with one attached hydrogen (secondary N) is 2. The zero-order valence-corrected chi connectivity index (χ0v) is 10.6. The zero-order chi connectivity index (χ0) is 13.8. The Bertz CT molecular complexity index is 582. The second kappa shape index (κ2) is 5.51. The molecular formula is C14H14N4O. The van der Waals surface area contributed by atoms with Crippen molar-refractivity contribution in [3.63, 3.8) is 0 Å². The summed E-state index contributed by atoms with van der Waals surface area (Å²) in [5.74, 6) is 0.195. The zero-order valence-electron chi connectivity index (χ0n) is 10.6. The normalized spacial score (nSPS) is 21.4. The molecule has 0 unspecified atom stereocenters. The molecule has 1 aliphatic heterocycles. The van der Waals surface area contributed by atoms with Crippen LogP contribution in [0.5, 0.6) is 0 Å². The maximum atomic E-state index is 12.1. The molecule has 0 spiro atoms. The van der Waals surface area contributed by atoms with E-state index >= 15 is 0 Å². The first-order valence-corrected chi connectivity index (χ1v) is 6.11. The summed E-state index contributed by atoms with van der Waals surface area (Å²) in [6.07, 6.45) is 0. The van der Waals surface area contributed by atoms with E-state index in [1.165, 1.54) is 6.07 Å². The minimum absolute atomic E-state index is 0.0499. The summed E-state index contributed by atoms with van der Waals surface area (Å²) in [5, 5.41) is 23.7. The summed E-state index contributed by atoms with van der Waals surface area (Å²) >= 11 is 0. The molecule has 1 aliphatic rings. The molecule has 1 aromatic rings. The number of hydrogen-bond acceptors (Lipinski definition) is 4. The van der Waals surface area contributed by atoms with Crippen LogP contribution in [0.4, 0.5) is 5.69 Å². The molecule has 2 rings (SSSR count). The van der Waals surface area contributed by atoms with E-state index < -0.39 is 0 Å². The minimum atomic E-state index is -0.0545. The van der Waals surface area contributed by atoms with Gasteiger partial charge in [-0.1, -0.05) is 6.92 Å². The van der Waals surface area contributed by atoms with Crippen LogP contribution in [-0.2, 0) is 4.79 Å². The van der Waals surface area contributed by atoms with Crippen LogP contribution >= 0.6 is 0 Å². The first kappa shape index (κ1) is 13.1. The molecule has 19 heavy (non-hydrogen) atoms. The molecule has 1 heterocycles. The van der Waals surface area contributed by atoms with Crippen LogP contribution in [-0.4, -0.2) is 19.0 Å². The number of amides is 1. The van der Waals surface area contributed by atoms with Gasteiger partial charge in [-0.25, -0.2) is 0 Å². The SMILES string of the molecule is C[C@@H]1CNC[C@H]1C(=O)Nc1ccc(C#N)c(C#N)c1. The second-order valence-electron chi connectivity index (χ2n) is 4.72. The highest BCUT2D eigenvalue weighted by molar-refractivity contribution is 5.93. The van der Waals surface area contributed by atoms with E-state index in [1.807, 2.05) is 19.1 Å². The number of rotatable bonds is 2. The van der Waals surface area contributed by atoms with Crippen molar-refractivity contribution >= 4 is 11.6 Å². The lowest BCUT2D eigenvalue weighted by atomic mass is 9.97. The van der Waals surface area contributed by atoms with E-state index in [1.54, 1.807) is 12.1 Å². The number of nitrogens with zero attached hydrogens (tertiary/aromatic N) is 2. The van der Waals surface area contributed by atoms with Crippen molar-refractivity contribution in [1.82, 2.24) is 5.32 Å². The Hall–Kier alpha value is -2.37. The molecule has 1 saturated heterocycles. The van der Waals surface area contributed by atoms with E-state index in [2.05, 4.69) is 10.6 Å². The predicted octanol–water partition coefficient (Wildman–Crippen LogP) is 1.22. The number of nitriles is 2. The first-order chi connectivity index (χ1) is 9.15. The van der Waals surface area contributed by atoms with Crippen LogP contribution in [0.15, 0.2) is 18.2 Å². The molecule has 96 valence electrons. The lowest BCUT2D eigenvalue weighted by Gasteiger charge is -2.14. The molecule has 0 aliphatic carbocycles. The largest absolute Gasteiger partial charge is 0.326 e. The summed E-state index contributed by atoms with van der Waals surface area (Å²) in [7, 11) is 0. The van der Waals surface area contributed by atoms with Gasteiger partial charge in [0.2, 0.25) is 5.91 Å². The number of benzene rings is 1. The summed E-state index contributed by atoms with van der Waals surface area (Å²) in [5.41, 5.74) is 1.15. The smallest absolute Gasteiger partial charge is 0.229 e. The van der Waals surface area contributed by atoms with E-state index in [4.69, 9.17) is 10.5 Å². The van der Waals surface area contributed by atoms with Crippen molar-refractivity contribution < 1.29 is 4.79 Å². The van der Waals surface area contributed by atoms with Crippen LogP contribution in [0.1, 0.15) is 18.1 Å². The second-order valence-corrected chi connectivity index (χ2v) is 4.72. The molecular weight excluding hydrogens is 240 g/mol. The van der Waals surface area contributed by atoms with Gasteiger partial charge in [0.15, 0.2) is 0 Å². The highest BCUT2D eigenvalue weighted by Crippen LogP contribution is 2.20. The monoisotopic (exact) mass is 254 g/mol. The average molecular weight is 254 g/mol. The summed E-state index contributed by atoms with van der Waals surface area (Å²) < 4.78 is 0. The standard InChI is InChI=1S/C14H14N4O/c1-9-7-17-8-13(9)14(19)18-12-3-2-10(5-15)11(4-12)6-16/h2-4,9,13,17H,7-8H2,1H3,(H,18,19)/t9-,13-/m1/s1. The lowest BCUT2D eigenvalue weighted by Crippen LogP contribution is -2.27. The third-order valence-corrected chi connectivity index (χ3v) is 3.38. The van der Waals surface area contributed by atoms with Crippen molar-refractivity contribution in [2.75, 3.05) is 18.4 Å². The number of anilines is 1. The highest BCUT2D eigenvalue weighted by Gasteiger charge is 2.29. The predicted molar refractivity (Wildman–Crippen MR) is 70.0 cm³/mol.